The topological polar surface area (TPSA) is 117 Å². The minimum atomic E-state index is -4.12. The lowest BCUT2D eigenvalue weighted by Crippen LogP contribution is -2.14. The third kappa shape index (κ3) is 3.27. The molecule has 3 N–H and O–H groups in total. The second-order valence-electron chi connectivity index (χ2n) is 8.29. The van der Waals surface area contributed by atoms with Crippen LogP contribution in [-0.4, -0.2) is 24.6 Å². The molecule has 4 aromatic rings. The molecule has 3 aromatic carbocycles. The number of anilines is 1. The molecule has 1 aliphatic carbocycles. The molecule has 1 aromatic heterocycles. The standard InChI is InChI=1S/C24H21NO6S/c1-13-6-9-22-17(10-13)18-12-20(15-4-2-3-5-16(15)23(18)31-22)25-32(29,30)14-7-8-21(26)19(11-14)24(27)28/h2-5,7-8,11-13,25-26H,6,9-10H2,1H3,(H,27,28). The number of hydrogen-bond acceptors (Lipinski definition) is 5. The van der Waals surface area contributed by atoms with Crippen molar-refractivity contribution in [3.8, 4) is 5.75 Å². The van der Waals surface area contributed by atoms with E-state index in [1.165, 1.54) is 6.07 Å². The maximum absolute atomic E-state index is 13.1. The number of sulfonamides is 1. The molecule has 0 amide bonds. The van der Waals surface area contributed by atoms with Crippen molar-refractivity contribution in [2.75, 3.05) is 4.72 Å². The van der Waals surface area contributed by atoms with E-state index in [-0.39, 0.29) is 4.90 Å². The number of aromatic hydroxyl groups is 1. The first-order valence-corrected chi connectivity index (χ1v) is 11.8. The normalized spacial score (nSPS) is 16.2. The van der Waals surface area contributed by atoms with E-state index >= 15 is 0 Å². The second-order valence-corrected chi connectivity index (χ2v) is 9.97. The largest absolute Gasteiger partial charge is 0.507 e. The monoisotopic (exact) mass is 451 g/mol. The fourth-order valence-electron chi connectivity index (χ4n) is 4.41. The number of nitrogens with one attached hydrogen (secondary N) is 1. The highest BCUT2D eigenvalue weighted by Crippen LogP contribution is 2.40. The number of carbonyl (C=O) groups is 1. The summed E-state index contributed by atoms with van der Waals surface area (Å²) in [4.78, 5) is 11.1. The zero-order chi connectivity index (χ0) is 22.6. The summed E-state index contributed by atoms with van der Waals surface area (Å²) in [6, 6.07) is 12.4. The van der Waals surface area contributed by atoms with E-state index in [2.05, 4.69) is 11.6 Å². The molecule has 0 radical (unpaired) electrons. The smallest absolute Gasteiger partial charge is 0.339 e. The summed E-state index contributed by atoms with van der Waals surface area (Å²) >= 11 is 0. The fraction of sp³-hybridized carbons (Fsp3) is 0.208. The number of furan rings is 1. The number of rotatable bonds is 4. The molecule has 32 heavy (non-hydrogen) atoms. The summed E-state index contributed by atoms with van der Waals surface area (Å²) in [6.45, 7) is 2.19. The van der Waals surface area contributed by atoms with Gasteiger partial charge < -0.3 is 14.6 Å². The summed E-state index contributed by atoms with van der Waals surface area (Å²) in [7, 11) is -4.12. The van der Waals surface area contributed by atoms with Crippen LogP contribution in [-0.2, 0) is 22.9 Å². The van der Waals surface area contributed by atoms with Crippen LogP contribution >= 0.6 is 0 Å². The molecule has 164 valence electrons. The summed E-state index contributed by atoms with van der Waals surface area (Å²) in [5.74, 6) is -0.442. The number of aryl methyl sites for hydroxylation is 1. The predicted molar refractivity (Wildman–Crippen MR) is 121 cm³/mol. The first kappa shape index (κ1) is 20.4. The van der Waals surface area contributed by atoms with Crippen molar-refractivity contribution < 1.29 is 27.8 Å². The van der Waals surface area contributed by atoms with Gasteiger partial charge in [-0.1, -0.05) is 31.2 Å². The molecule has 0 fully saturated rings. The summed E-state index contributed by atoms with van der Waals surface area (Å²) in [5, 5.41) is 21.3. The van der Waals surface area contributed by atoms with E-state index in [9.17, 15) is 23.4 Å². The molecule has 1 atom stereocenters. The van der Waals surface area contributed by atoms with Gasteiger partial charge in [0.1, 0.15) is 22.7 Å². The molecule has 0 spiro atoms. The first-order chi connectivity index (χ1) is 15.2. The number of hydrogen-bond donors (Lipinski definition) is 3. The third-order valence-corrected chi connectivity index (χ3v) is 7.42. The Morgan fingerprint density at radius 1 is 1.09 bits per heavy atom. The highest BCUT2D eigenvalue weighted by atomic mass is 32.2. The summed E-state index contributed by atoms with van der Waals surface area (Å²) in [6.07, 6.45) is 2.77. The molecule has 7 nitrogen and oxygen atoms in total. The van der Waals surface area contributed by atoms with Crippen LogP contribution in [0.5, 0.6) is 5.75 Å². The van der Waals surface area contributed by atoms with Gasteiger partial charge in [-0.3, -0.25) is 4.72 Å². The lowest BCUT2D eigenvalue weighted by atomic mass is 9.87. The fourth-order valence-corrected chi connectivity index (χ4v) is 5.51. The Morgan fingerprint density at radius 3 is 2.59 bits per heavy atom. The highest BCUT2D eigenvalue weighted by Gasteiger charge is 2.25. The number of fused-ring (bicyclic) bond motifs is 5. The van der Waals surface area contributed by atoms with Crippen LogP contribution in [0.4, 0.5) is 5.69 Å². The maximum atomic E-state index is 13.1. The number of phenols is 1. The summed E-state index contributed by atoms with van der Waals surface area (Å²) in [5.41, 5.74) is 1.77. The summed E-state index contributed by atoms with van der Waals surface area (Å²) < 4.78 is 35.1. The van der Waals surface area contributed by atoms with Crippen molar-refractivity contribution in [2.45, 2.75) is 31.1 Å². The second kappa shape index (κ2) is 7.27. The molecule has 0 aliphatic heterocycles. The van der Waals surface area contributed by atoms with Crippen molar-refractivity contribution in [3.05, 3.63) is 65.4 Å². The molecule has 1 unspecified atom stereocenters. The number of carboxylic acids is 1. The SMILES string of the molecule is CC1CCc2oc3c(cc(NS(=O)(=O)c4ccc(O)c(C(=O)O)c4)c4ccccc43)c2C1. The Labute approximate surface area is 184 Å². The number of aromatic carboxylic acids is 1. The first-order valence-electron chi connectivity index (χ1n) is 10.3. The van der Waals surface area contributed by atoms with Crippen LogP contribution < -0.4 is 4.72 Å². The van der Waals surface area contributed by atoms with Gasteiger partial charge in [0.2, 0.25) is 0 Å². The van der Waals surface area contributed by atoms with Crippen LogP contribution in [0.25, 0.3) is 21.7 Å². The van der Waals surface area contributed by atoms with Crippen LogP contribution in [0.15, 0.2) is 57.8 Å². The van der Waals surface area contributed by atoms with Crippen molar-refractivity contribution in [2.24, 2.45) is 5.92 Å². The zero-order valence-electron chi connectivity index (χ0n) is 17.3. The lowest BCUT2D eigenvalue weighted by molar-refractivity contribution is 0.0693. The highest BCUT2D eigenvalue weighted by molar-refractivity contribution is 7.92. The maximum Gasteiger partial charge on any atom is 0.339 e. The molecule has 1 aliphatic rings. The Hall–Kier alpha value is -3.52. The van der Waals surface area contributed by atoms with Crippen LogP contribution in [0, 0.1) is 5.92 Å². The Bertz CT molecular complexity index is 1500. The molecular formula is C24H21NO6S. The minimum Gasteiger partial charge on any atom is -0.507 e. The Kier molecular flexibility index (Phi) is 4.63. The Morgan fingerprint density at radius 2 is 1.84 bits per heavy atom. The van der Waals surface area contributed by atoms with E-state index in [1.807, 2.05) is 24.3 Å². The van der Waals surface area contributed by atoms with Gasteiger partial charge in [-0.2, -0.15) is 0 Å². The van der Waals surface area contributed by atoms with Gasteiger partial charge in [-0.25, -0.2) is 13.2 Å². The molecule has 8 heteroatoms. The average molecular weight is 452 g/mol. The molecule has 1 heterocycles. The van der Waals surface area contributed by atoms with Crippen LogP contribution in [0.2, 0.25) is 0 Å². The van der Waals surface area contributed by atoms with Gasteiger partial charge >= 0.3 is 5.97 Å². The van der Waals surface area contributed by atoms with Gasteiger partial charge in [-0.15, -0.1) is 0 Å². The third-order valence-electron chi connectivity index (χ3n) is 6.05. The average Bonchev–Trinajstić information content (AvgIpc) is 3.11. The zero-order valence-corrected chi connectivity index (χ0v) is 18.1. The van der Waals surface area contributed by atoms with Gasteiger partial charge in [0.25, 0.3) is 10.0 Å². The van der Waals surface area contributed by atoms with Crippen LogP contribution in [0.1, 0.15) is 35.0 Å². The molecule has 5 rings (SSSR count). The Balaban J connectivity index is 1.68. The van der Waals surface area contributed by atoms with Crippen LogP contribution in [0.3, 0.4) is 0 Å². The van der Waals surface area contributed by atoms with E-state index < -0.39 is 27.3 Å². The van der Waals surface area contributed by atoms with E-state index in [0.29, 0.717) is 17.0 Å². The number of carboxylic acid groups (broad SMARTS) is 1. The van der Waals surface area contributed by atoms with E-state index in [0.717, 1.165) is 59.1 Å². The predicted octanol–water partition coefficient (Wildman–Crippen LogP) is 4.92. The van der Waals surface area contributed by atoms with Gasteiger partial charge in [0.05, 0.1) is 10.6 Å². The molecule has 0 bridgehead atoms. The van der Waals surface area contributed by atoms with Gasteiger partial charge in [-0.05, 0) is 43.0 Å². The molecule has 0 saturated carbocycles. The number of benzene rings is 3. The molecular weight excluding hydrogens is 430 g/mol. The minimum absolute atomic E-state index is 0.250. The van der Waals surface area contributed by atoms with Crippen molar-refractivity contribution in [1.82, 2.24) is 0 Å². The van der Waals surface area contributed by atoms with Crippen molar-refractivity contribution in [1.29, 1.82) is 0 Å². The van der Waals surface area contributed by atoms with Crippen molar-refractivity contribution >= 4 is 43.4 Å². The lowest BCUT2D eigenvalue weighted by Gasteiger charge is -2.17. The quantitative estimate of drug-likeness (QED) is 0.406. The van der Waals surface area contributed by atoms with E-state index in [1.54, 1.807) is 6.07 Å². The molecule has 0 saturated heterocycles. The van der Waals surface area contributed by atoms with Gasteiger partial charge in [0.15, 0.2) is 0 Å². The van der Waals surface area contributed by atoms with Crippen molar-refractivity contribution in [3.63, 3.8) is 0 Å². The van der Waals surface area contributed by atoms with E-state index in [4.69, 9.17) is 4.42 Å². The van der Waals surface area contributed by atoms with Gasteiger partial charge in [0, 0.05) is 28.1 Å².